The predicted molar refractivity (Wildman–Crippen MR) is 94.8 cm³/mol. The maximum absolute atomic E-state index is 12.7. The zero-order chi connectivity index (χ0) is 16.5. The molecule has 0 radical (unpaired) electrons. The molecule has 0 unspecified atom stereocenters. The minimum absolute atomic E-state index is 0.0629. The molecule has 2 aliphatic heterocycles. The molecule has 1 fully saturated rings. The summed E-state index contributed by atoms with van der Waals surface area (Å²) in [6, 6.07) is 9.62. The molecule has 1 aromatic heterocycles. The van der Waals surface area contributed by atoms with E-state index in [4.69, 9.17) is 0 Å². The molecular formula is C18H19N3O2S. The van der Waals surface area contributed by atoms with Gasteiger partial charge >= 0.3 is 0 Å². The SMILES string of the molecule is O=C(c1ccc2c(c1)CCN2)N1CCN(C(=O)c2cccs2)CC1. The standard InChI is InChI=1S/C18H19N3O2S/c22-17(14-3-4-15-13(12-14)5-6-19-15)20-7-9-21(10-8-20)18(23)16-2-1-11-24-16/h1-4,11-12,19H,5-10H2. The second kappa shape index (κ2) is 6.28. The second-order valence-electron chi connectivity index (χ2n) is 6.11. The van der Waals surface area contributed by atoms with Crippen molar-refractivity contribution in [3.8, 4) is 0 Å². The van der Waals surface area contributed by atoms with Crippen molar-refractivity contribution in [2.45, 2.75) is 6.42 Å². The van der Waals surface area contributed by atoms with E-state index in [0.717, 1.165) is 29.1 Å². The number of hydrogen-bond donors (Lipinski definition) is 1. The molecule has 0 bridgehead atoms. The van der Waals surface area contributed by atoms with Crippen molar-refractivity contribution in [1.82, 2.24) is 9.80 Å². The number of nitrogens with zero attached hydrogens (tertiary/aromatic N) is 2. The summed E-state index contributed by atoms with van der Waals surface area (Å²) < 4.78 is 0. The summed E-state index contributed by atoms with van der Waals surface area (Å²) in [6.07, 6.45) is 0.972. The molecule has 5 nitrogen and oxygen atoms in total. The molecule has 124 valence electrons. The minimum atomic E-state index is 0.0629. The Balaban J connectivity index is 1.40. The number of piperazine rings is 1. The zero-order valence-electron chi connectivity index (χ0n) is 13.3. The maximum Gasteiger partial charge on any atom is 0.264 e. The topological polar surface area (TPSA) is 52.7 Å². The molecule has 2 amide bonds. The van der Waals surface area contributed by atoms with E-state index in [0.29, 0.717) is 26.2 Å². The first kappa shape index (κ1) is 15.2. The number of fused-ring (bicyclic) bond motifs is 1. The van der Waals surface area contributed by atoms with Crippen LogP contribution in [-0.2, 0) is 6.42 Å². The molecule has 1 saturated heterocycles. The van der Waals surface area contributed by atoms with Gasteiger partial charge in [0, 0.05) is 44.0 Å². The van der Waals surface area contributed by atoms with Crippen LogP contribution in [-0.4, -0.2) is 54.3 Å². The summed E-state index contributed by atoms with van der Waals surface area (Å²) in [7, 11) is 0. The van der Waals surface area contributed by atoms with E-state index in [-0.39, 0.29) is 11.8 Å². The largest absolute Gasteiger partial charge is 0.384 e. The van der Waals surface area contributed by atoms with Crippen molar-refractivity contribution < 1.29 is 9.59 Å². The van der Waals surface area contributed by atoms with Gasteiger partial charge in [-0.25, -0.2) is 0 Å². The normalized spacial score (nSPS) is 16.7. The van der Waals surface area contributed by atoms with Crippen molar-refractivity contribution in [3.63, 3.8) is 0 Å². The smallest absolute Gasteiger partial charge is 0.264 e. The van der Waals surface area contributed by atoms with E-state index >= 15 is 0 Å². The van der Waals surface area contributed by atoms with Crippen LogP contribution in [0.3, 0.4) is 0 Å². The molecule has 0 atom stereocenters. The van der Waals surface area contributed by atoms with Crippen LogP contribution in [0.15, 0.2) is 35.7 Å². The average Bonchev–Trinajstić information content (AvgIpc) is 3.31. The number of benzene rings is 1. The van der Waals surface area contributed by atoms with Gasteiger partial charge in [-0.15, -0.1) is 11.3 Å². The number of thiophene rings is 1. The lowest BCUT2D eigenvalue weighted by molar-refractivity contribution is 0.0538. The third kappa shape index (κ3) is 2.78. The fourth-order valence-electron chi connectivity index (χ4n) is 3.29. The van der Waals surface area contributed by atoms with E-state index < -0.39 is 0 Å². The Morgan fingerprint density at radius 1 is 1.00 bits per heavy atom. The Hall–Kier alpha value is -2.34. The first-order valence-electron chi connectivity index (χ1n) is 8.21. The summed E-state index contributed by atoms with van der Waals surface area (Å²) in [5, 5.41) is 5.22. The van der Waals surface area contributed by atoms with Crippen LogP contribution in [0.2, 0.25) is 0 Å². The maximum atomic E-state index is 12.7. The lowest BCUT2D eigenvalue weighted by Crippen LogP contribution is -2.50. The number of anilines is 1. The van der Waals surface area contributed by atoms with E-state index in [1.165, 1.54) is 16.9 Å². The van der Waals surface area contributed by atoms with Crippen molar-refractivity contribution in [1.29, 1.82) is 0 Å². The highest BCUT2D eigenvalue weighted by Gasteiger charge is 2.26. The fourth-order valence-corrected chi connectivity index (χ4v) is 3.98. The molecule has 0 spiro atoms. The number of amides is 2. The highest BCUT2D eigenvalue weighted by atomic mass is 32.1. The van der Waals surface area contributed by atoms with Crippen molar-refractivity contribution in [3.05, 3.63) is 51.7 Å². The number of carbonyl (C=O) groups excluding carboxylic acids is 2. The molecule has 24 heavy (non-hydrogen) atoms. The van der Waals surface area contributed by atoms with Crippen LogP contribution >= 0.6 is 11.3 Å². The lowest BCUT2D eigenvalue weighted by Gasteiger charge is -2.34. The van der Waals surface area contributed by atoms with Crippen LogP contribution in [0.5, 0.6) is 0 Å². The van der Waals surface area contributed by atoms with Gasteiger partial charge in [0.05, 0.1) is 4.88 Å². The molecule has 4 rings (SSSR count). The van der Waals surface area contributed by atoms with Crippen LogP contribution < -0.4 is 5.32 Å². The summed E-state index contributed by atoms with van der Waals surface area (Å²) in [6.45, 7) is 3.30. The van der Waals surface area contributed by atoms with Gasteiger partial charge in [-0.3, -0.25) is 9.59 Å². The molecule has 0 saturated carbocycles. The van der Waals surface area contributed by atoms with Gasteiger partial charge in [-0.2, -0.15) is 0 Å². The van der Waals surface area contributed by atoms with Gasteiger partial charge in [-0.05, 0) is 41.6 Å². The van der Waals surface area contributed by atoms with Gasteiger partial charge in [-0.1, -0.05) is 6.07 Å². The molecule has 0 aliphatic carbocycles. The van der Waals surface area contributed by atoms with E-state index in [9.17, 15) is 9.59 Å². The first-order chi connectivity index (χ1) is 11.7. The van der Waals surface area contributed by atoms with Crippen molar-refractivity contribution in [2.75, 3.05) is 38.0 Å². The van der Waals surface area contributed by atoms with Crippen molar-refractivity contribution in [2.24, 2.45) is 0 Å². The van der Waals surface area contributed by atoms with Gasteiger partial charge < -0.3 is 15.1 Å². The summed E-state index contributed by atoms with van der Waals surface area (Å²) >= 11 is 1.46. The van der Waals surface area contributed by atoms with Crippen LogP contribution in [0.4, 0.5) is 5.69 Å². The van der Waals surface area contributed by atoms with E-state index in [1.807, 2.05) is 45.5 Å². The molecule has 1 aromatic carbocycles. The number of rotatable bonds is 2. The summed E-state index contributed by atoms with van der Waals surface area (Å²) in [4.78, 5) is 29.5. The number of carbonyl (C=O) groups is 2. The molecule has 2 aliphatic rings. The second-order valence-corrected chi connectivity index (χ2v) is 7.06. The Bertz CT molecular complexity index is 765. The minimum Gasteiger partial charge on any atom is -0.384 e. The Kier molecular flexibility index (Phi) is 3.98. The summed E-state index contributed by atoms with van der Waals surface area (Å²) in [5.41, 5.74) is 3.10. The lowest BCUT2D eigenvalue weighted by atomic mass is 10.1. The Morgan fingerprint density at radius 3 is 2.46 bits per heavy atom. The Morgan fingerprint density at radius 2 is 1.75 bits per heavy atom. The third-order valence-electron chi connectivity index (χ3n) is 4.65. The molecule has 3 heterocycles. The van der Waals surface area contributed by atoms with Crippen LogP contribution in [0.1, 0.15) is 25.6 Å². The van der Waals surface area contributed by atoms with Gasteiger partial charge in [0.1, 0.15) is 0 Å². The van der Waals surface area contributed by atoms with E-state index in [2.05, 4.69) is 5.32 Å². The molecule has 6 heteroatoms. The summed E-state index contributed by atoms with van der Waals surface area (Å²) in [5.74, 6) is 0.133. The fraction of sp³-hybridized carbons (Fsp3) is 0.333. The van der Waals surface area contributed by atoms with Gasteiger partial charge in [0.25, 0.3) is 11.8 Å². The van der Waals surface area contributed by atoms with Crippen molar-refractivity contribution >= 4 is 28.8 Å². The number of hydrogen-bond acceptors (Lipinski definition) is 4. The quantitative estimate of drug-likeness (QED) is 0.912. The Labute approximate surface area is 144 Å². The molecular weight excluding hydrogens is 322 g/mol. The van der Waals surface area contributed by atoms with Crippen LogP contribution in [0.25, 0.3) is 0 Å². The highest BCUT2D eigenvalue weighted by molar-refractivity contribution is 7.12. The molecule has 1 N–H and O–H groups in total. The molecule has 2 aromatic rings. The third-order valence-corrected chi connectivity index (χ3v) is 5.51. The first-order valence-corrected chi connectivity index (χ1v) is 9.09. The van der Waals surface area contributed by atoms with Crippen LogP contribution in [0, 0.1) is 0 Å². The number of nitrogens with one attached hydrogen (secondary N) is 1. The zero-order valence-corrected chi connectivity index (χ0v) is 14.1. The van der Waals surface area contributed by atoms with E-state index in [1.54, 1.807) is 0 Å². The predicted octanol–water partition coefficient (Wildman–Crippen LogP) is 2.31. The van der Waals surface area contributed by atoms with Gasteiger partial charge in [0.2, 0.25) is 0 Å². The average molecular weight is 341 g/mol. The van der Waals surface area contributed by atoms with Gasteiger partial charge in [0.15, 0.2) is 0 Å². The highest BCUT2D eigenvalue weighted by Crippen LogP contribution is 2.24. The monoisotopic (exact) mass is 341 g/mol.